The van der Waals surface area contributed by atoms with Crippen LogP contribution in [0.5, 0.6) is 23.0 Å². The molecule has 0 heterocycles. The summed E-state index contributed by atoms with van der Waals surface area (Å²) in [6, 6.07) is 10.1. The predicted octanol–water partition coefficient (Wildman–Crippen LogP) is 3.35. The number of hydrogen-bond donors (Lipinski definition) is 1. The van der Waals surface area contributed by atoms with Crippen molar-refractivity contribution in [1.29, 1.82) is 0 Å². The number of ether oxygens (including phenoxy) is 4. The van der Waals surface area contributed by atoms with Gasteiger partial charge in [0.25, 0.3) is 0 Å². The summed E-state index contributed by atoms with van der Waals surface area (Å²) in [5, 5.41) is 9.64. The van der Waals surface area contributed by atoms with Crippen molar-refractivity contribution in [3.05, 3.63) is 47.5 Å². The van der Waals surface area contributed by atoms with Crippen LogP contribution in [-0.2, 0) is 4.79 Å². The topological polar surface area (TPSA) is 74.2 Å². The van der Waals surface area contributed by atoms with Gasteiger partial charge in [0.2, 0.25) is 0 Å². The van der Waals surface area contributed by atoms with E-state index in [-0.39, 0.29) is 5.57 Å². The molecular formula is C19H20O6. The molecular weight excluding hydrogens is 324 g/mol. The highest BCUT2D eigenvalue weighted by Gasteiger charge is 2.14. The van der Waals surface area contributed by atoms with Crippen molar-refractivity contribution in [2.24, 2.45) is 0 Å². The first-order valence-corrected chi connectivity index (χ1v) is 7.42. The highest BCUT2D eigenvalue weighted by Crippen LogP contribution is 2.31. The quantitative estimate of drug-likeness (QED) is 0.613. The minimum absolute atomic E-state index is 0.101. The zero-order valence-electron chi connectivity index (χ0n) is 14.5. The van der Waals surface area contributed by atoms with Crippen LogP contribution in [0.1, 0.15) is 11.1 Å². The van der Waals surface area contributed by atoms with Crippen molar-refractivity contribution < 1.29 is 28.8 Å². The highest BCUT2D eigenvalue weighted by molar-refractivity contribution is 6.20. The molecule has 0 saturated heterocycles. The Morgan fingerprint density at radius 3 is 1.92 bits per heavy atom. The first kappa shape index (κ1) is 18.2. The summed E-state index contributed by atoms with van der Waals surface area (Å²) in [6.07, 6.45) is 1.55. The van der Waals surface area contributed by atoms with E-state index in [1.807, 2.05) is 0 Å². The molecule has 0 fully saturated rings. The first-order chi connectivity index (χ1) is 12.0. The molecule has 132 valence electrons. The van der Waals surface area contributed by atoms with Gasteiger partial charge in [0.1, 0.15) is 11.5 Å². The first-order valence-electron chi connectivity index (χ1n) is 7.42. The zero-order valence-corrected chi connectivity index (χ0v) is 14.5. The van der Waals surface area contributed by atoms with Crippen LogP contribution in [0.3, 0.4) is 0 Å². The van der Waals surface area contributed by atoms with Crippen LogP contribution >= 0.6 is 0 Å². The van der Waals surface area contributed by atoms with Gasteiger partial charge in [-0.25, -0.2) is 4.79 Å². The van der Waals surface area contributed by atoms with Gasteiger partial charge in [0.15, 0.2) is 11.5 Å². The Kier molecular flexibility index (Phi) is 5.89. The molecule has 0 unspecified atom stereocenters. The second-order valence-electron chi connectivity index (χ2n) is 5.08. The summed E-state index contributed by atoms with van der Waals surface area (Å²) < 4.78 is 20.9. The van der Waals surface area contributed by atoms with Crippen molar-refractivity contribution >= 4 is 17.6 Å². The number of carbonyl (C=O) groups is 1. The van der Waals surface area contributed by atoms with E-state index in [2.05, 4.69) is 0 Å². The van der Waals surface area contributed by atoms with Crippen molar-refractivity contribution in [1.82, 2.24) is 0 Å². The van der Waals surface area contributed by atoms with Crippen molar-refractivity contribution in [2.75, 3.05) is 28.4 Å². The molecule has 0 amide bonds. The van der Waals surface area contributed by atoms with Gasteiger partial charge in [-0.3, -0.25) is 0 Å². The summed E-state index contributed by atoms with van der Waals surface area (Å²) >= 11 is 0. The monoisotopic (exact) mass is 344 g/mol. The van der Waals surface area contributed by atoms with E-state index in [4.69, 9.17) is 18.9 Å². The second-order valence-corrected chi connectivity index (χ2v) is 5.08. The molecule has 0 saturated carbocycles. The van der Waals surface area contributed by atoms with Gasteiger partial charge in [0, 0.05) is 6.07 Å². The third kappa shape index (κ3) is 4.23. The Labute approximate surface area is 146 Å². The van der Waals surface area contributed by atoms with Gasteiger partial charge in [0.05, 0.1) is 34.0 Å². The molecule has 0 atom stereocenters. The van der Waals surface area contributed by atoms with Gasteiger partial charge in [-0.15, -0.1) is 0 Å². The van der Waals surface area contributed by atoms with E-state index in [0.29, 0.717) is 34.1 Å². The summed E-state index contributed by atoms with van der Waals surface area (Å²) in [4.78, 5) is 11.8. The Hall–Kier alpha value is -3.15. The largest absolute Gasteiger partial charge is 0.497 e. The number of hydrogen-bond acceptors (Lipinski definition) is 5. The van der Waals surface area contributed by atoms with Gasteiger partial charge < -0.3 is 24.1 Å². The summed E-state index contributed by atoms with van der Waals surface area (Å²) in [7, 11) is 6.09. The van der Waals surface area contributed by atoms with Crippen molar-refractivity contribution in [3.63, 3.8) is 0 Å². The summed E-state index contributed by atoms with van der Waals surface area (Å²) in [5.74, 6) is 1.04. The van der Waals surface area contributed by atoms with E-state index in [1.54, 1.807) is 49.6 Å². The molecule has 2 aromatic rings. The molecule has 6 nitrogen and oxygen atoms in total. The molecule has 0 aliphatic carbocycles. The maximum atomic E-state index is 11.8. The Morgan fingerprint density at radius 2 is 1.44 bits per heavy atom. The number of methoxy groups -OCH3 is 4. The van der Waals surface area contributed by atoms with E-state index in [1.165, 1.54) is 21.3 Å². The van der Waals surface area contributed by atoms with Gasteiger partial charge in [-0.2, -0.15) is 0 Å². The maximum Gasteiger partial charge on any atom is 0.336 e. The van der Waals surface area contributed by atoms with Crippen LogP contribution in [0, 0.1) is 0 Å². The third-order valence-electron chi connectivity index (χ3n) is 3.61. The fourth-order valence-electron chi connectivity index (χ4n) is 2.34. The van der Waals surface area contributed by atoms with Gasteiger partial charge >= 0.3 is 5.97 Å². The lowest BCUT2D eigenvalue weighted by Crippen LogP contribution is -2.01. The minimum atomic E-state index is -1.06. The van der Waals surface area contributed by atoms with E-state index in [9.17, 15) is 9.90 Å². The number of aliphatic carboxylic acids is 1. The van der Waals surface area contributed by atoms with Crippen LogP contribution in [0.15, 0.2) is 36.4 Å². The highest BCUT2D eigenvalue weighted by atomic mass is 16.5. The smallest absolute Gasteiger partial charge is 0.336 e. The van der Waals surface area contributed by atoms with Crippen LogP contribution in [0.2, 0.25) is 0 Å². The number of carboxylic acids is 1. The maximum absolute atomic E-state index is 11.8. The standard InChI is InChI=1S/C19H20O6/c1-22-14-9-13(10-15(11-14)23-2)16(19(20)21)7-12-5-6-17(24-3)18(8-12)25-4/h5-11H,1-4H3,(H,20,21)/b16-7+. The van der Waals surface area contributed by atoms with Crippen molar-refractivity contribution in [2.45, 2.75) is 0 Å². The van der Waals surface area contributed by atoms with E-state index >= 15 is 0 Å². The molecule has 0 radical (unpaired) electrons. The lowest BCUT2D eigenvalue weighted by Gasteiger charge is -2.10. The molecule has 2 rings (SSSR count). The Bertz CT molecular complexity index is 772. The van der Waals surface area contributed by atoms with Gasteiger partial charge in [-0.05, 0) is 41.5 Å². The SMILES string of the molecule is COc1cc(OC)cc(/C(=C\c2ccc(OC)c(OC)c2)C(=O)O)c1. The molecule has 1 N–H and O–H groups in total. The predicted molar refractivity (Wildman–Crippen MR) is 94.6 cm³/mol. The molecule has 0 bridgehead atoms. The van der Waals surface area contributed by atoms with Crippen LogP contribution < -0.4 is 18.9 Å². The molecule has 25 heavy (non-hydrogen) atoms. The molecule has 0 aromatic heterocycles. The van der Waals surface area contributed by atoms with Crippen LogP contribution in [-0.4, -0.2) is 39.5 Å². The van der Waals surface area contributed by atoms with Crippen molar-refractivity contribution in [3.8, 4) is 23.0 Å². The Morgan fingerprint density at radius 1 is 0.840 bits per heavy atom. The molecule has 6 heteroatoms. The number of carboxylic acid groups (broad SMARTS) is 1. The normalized spacial score (nSPS) is 11.0. The summed E-state index contributed by atoms with van der Waals surface area (Å²) in [6.45, 7) is 0. The lowest BCUT2D eigenvalue weighted by molar-refractivity contribution is -0.130. The molecule has 0 spiro atoms. The van der Waals surface area contributed by atoms with Gasteiger partial charge in [-0.1, -0.05) is 6.07 Å². The van der Waals surface area contributed by atoms with Crippen LogP contribution in [0.4, 0.5) is 0 Å². The average Bonchev–Trinajstić information content (AvgIpc) is 2.64. The van der Waals surface area contributed by atoms with Crippen LogP contribution in [0.25, 0.3) is 11.6 Å². The Balaban J connectivity index is 2.55. The zero-order chi connectivity index (χ0) is 18.4. The minimum Gasteiger partial charge on any atom is -0.497 e. The molecule has 0 aliphatic rings. The average molecular weight is 344 g/mol. The van der Waals surface area contributed by atoms with E-state index in [0.717, 1.165) is 0 Å². The fraction of sp³-hybridized carbons (Fsp3) is 0.211. The molecule has 2 aromatic carbocycles. The lowest BCUT2D eigenvalue weighted by atomic mass is 10.0. The van der Waals surface area contributed by atoms with E-state index < -0.39 is 5.97 Å². The number of rotatable bonds is 7. The third-order valence-corrected chi connectivity index (χ3v) is 3.61. The summed E-state index contributed by atoms with van der Waals surface area (Å²) in [5.41, 5.74) is 1.24. The second kappa shape index (κ2) is 8.10. The number of benzene rings is 2. The fourth-order valence-corrected chi connectivity index (χ4v) is 2.34. The molecule has 0 aliphatic heterocycles.